The summed E-state index contributed by atoms with van der Waals surface area (Å²) in [4.78, 5) is 33.2. The number of hydrogen-bond donors (Lipinski definition) is 1. The summed E-state index contributed by atoms with van der Waals surface area (Å²) in [5, 5.41) is 2.99. The third-order valence-corrected chi connectivity index (χ3v) is 6.22. The fourth-order valence-corrected chi connectivity index (χ4v) is 4.02. The van der Waals surface area contributed by atoms with Gasteiger partial charge in [0.15, 0.2) is 11.7 Å². The summed E-state index contributed by atoms with van der Waals surface area (Å²) in [6.07, 6.45) is 2.11. The van der Waals surface area contributed by atoms with E-state index >= 15 is 0 Å². The van der Waals surface area contributed by atoms with E-state index in [1.165, 1.54) is 12.3 Å². The third kappa shape index (κ3) is 5.69. The highest BCUT2D eigenvalue weighted by Crippen LogP contribution is 2.24. The van der Waals surface area contributed by atoms with E-state index in [0.29, 0.717) is 56.4 Å². The number of hydrogen-bond acceptors (Lipinski definition) is 5. The van der Waals surface area contributed by atoms with Crippen molar-refractivity contribution in [3.63, 3.8) is 0 Å². The zero-order valence-corrected chi connectivity index (χ0v) is 19.5. The molecular formula is C26H29FN4O3. The van der Waals surface area contributed by atoms with E-state index in [9.17, 15) is 14.0 Å². The molecule has 0 saturated carbocycles. The Morgan fingerprint density at radius 1 is 1.06 bits per heavy atom. The van der Waals surface area contributed by atoms with Crippen LogP contribution >= 0.6 is 0 Å². The molecule has 1 saturated heterocycles. The molecule has 0 unspecified atom stereocenters. The lowest BCUT2D eigenvalue weighted by molar-refractivity contribution is -0.133. The minimum atomic E-state index is -0.373. The van der Waals surface area contributed by atoms with Gasteiger partial charge in [-0.05, 0) is 43.2 Å². The van der Waals surface area contributed by atoms with Gasteiger partial charge in [-0.2, -0.15) is 0 Å². The molecule has 4 rings (SSSR count). The molecule has 0 atom stereocenters. The Labute approximate surface area is 198 Å². The van der Waals surface area contributed by atoms with E-state index < -0.39 is 0 Å². The molecule has 1 fully saturated rings. The van der Waals surface area contributed by atoms with Crippen molar-refractivity contribution in [1.82, 2.24) is 14.8 Å². The zero-order chi connectivity index (χ0) is 24.1. The number of carbonyl (C=O) groups is 2. The highest BCUT2D eigenvalue weighted by molar-refractivity contribution is 5.93. The van der Waals surface area contributed by atoms with Crippen molar-refractivity contribution in [3.8, 4) is 11.3 Å². The van der Waals surface area contributed by atoms with Crippen molar-refractivity contribution in [2.75, 3.05) is 38.0 Å². The SMILES string of the molecule is Cc1cccc(NC(=O)CN2CCN(C(=O)CCc3ncc(-c4ccccc4F)o3)CC2)c1C. The average Bonchev–Trinajstić information content (AvgIpc) is 3.30. The Morgan fingerprint density at radius 3 is 2.59 bits per heavy atom. The molecule has 178 valence electrons. The quantitative estimate of drug-likeness (QED) is 0.575. The third-order valence-electron chi connectivity index (χ3n) is 6.22. The lowest BCUT2D eigenvalue weighted by Crippen LogP contribution is -2.50. The van der Waals surface area contributed by atoms with E-state index in [4.69, 9.17) is 4.42 Å². The minimum absolute atomic E-state index is 0.0186. The number of oxazole rings is 1. The van der Waals surface area contributed by atoms with Crippen molar-refractivity contribution < 1.29 is 18.4 Å². The van der Waals surface area contributed by atoms with Crippen LogP contribution in [0.5, 0.6) is 0 Å². The maximum atomic E-state index is 13.9. The normalized spacial score (nSPS) is 14.3. The van der Waals surface area contributed by atoms with Crippen LogP contribution in [0, 0.1) is 19.7 Å². The second-order valence-electron chi connectivity index (χ2n) is 8.55. The zero-order valence-electron chi connectivity index (χ0n) is 19.5. The van der Waals surface area contributed by atoms with Gasteiger partial charge >= 0.3 is 0 Å². The van der Waals surface area contributed by atoms with E-state index in [1.807, 2.05) is 32.0 Å². The molecular weight excluding hydrogens is 435 g/mol. The van der Waals surface area contributed by atoms with Gasteiger partial charge in [0, 0.05) is 44.7 Å². The monoisotopic (exact) mass is 464 g/mol. The van der Waals surface area contributed by atoms with Crippen LogP contribution in [0.25, 0.3) is 11.3 Å². The Kier molecular flexibility index (Phi) is 7.37. The molecule has 1 aliphatic heterocycles. The number of nitrogens with zero attached hydrogens (tertiary/aromatic N) is 3. The summed E-state index contributed by atoms with van der Waals surface area (Å²) < 4.78 is 19.6. The number of rotatable bonds is 7. The molecule has 0 aliphatic carbocycles. The van der Waals surface area contributed by atoms with Crippen LogP contribution < -0.4 is 5.32 Å². The predicted octanol–water partition coefficient (Wildman–Crippen LogP) is 3.81. The Morgan fingerprint density at radius 2 is 1.82 bits per heavy atom. The van der Waals surface area contributed by atoms with Gasteiger partial charge in [-0.1, -0.05) is 24.3 Å². The second-order valence-corrected chi connectivity index (χ2v) is 8.55. The standard InChI is InChI=1S/C26H29FN4O3/c1-18-6-5-9-22(19(18)2)29-24(32)17-30-12-14-31(15-13-30)26(33)11-10-25-28-16-23(34-25)20-7-3-4-8-21(20)27/h3-9,16H,10-15,17H2,1-2H3,(H,29,32). The number of piperazine rings is 1. The molecule has 34 heavy (non-hydrogen) atoms. The summed E-state index contributed by atoms with van der Waals surface area (Å²) >= 11 is 0. The molecule has 1 aromatic heterocycles. The molecule has 3 aromatic rings. The summed E-state index contributed by atoms with van der Waals surface area (Å²) in [6, 6.07) is 12.2. The van der Waals surface area contributed by atoms with Crippen molar-refractivity contribution in [1.29, 1.82) is 0 Å². The summed E-state index contributed by atoms with van der Waals surface area (Å²) in [6.45, 7) is 6.73. The van der Waals surface area contributed by atoms with Gasteiger partial charge in [-0.25, -0.2) is 9.37 Å². The van der Waals surface area contributed by atoms with Crippen LogP contribution in [0.3, 0.4) is 0 Å². The van der Waals surface area contributed by atoms with E-state index in [1.54, 1.807) is 23.1 Å². The largest absolute Gasteiger partial charge is 0.441 e. The van der Waals surface area contributed by atoms with Gasteiger partial charge in [0.2, 0.25) is 11.8 Å². The molecule has 1 N–H and O–H groups in total. The maximum Gasteiger partial charge on any atom is 0.238 e. The minimum Gasteiger partial charge on any atom is -0.441 e. The predicted molar refractivity (Wildman–Crippen MR) is 128 cm³/mol. The van der Waals surface area contributed by atoms with Gasteiger partial charge in [-0.15, -0.1) is 0 Å². The molecule has 0 spiro atoms. The highest BCUT2D eigenvalue weighted by atomic mass is 19.1. The van der Waals surface area contributed by atoms with Crippen molar-refractivity contribution in [3.05, 3.63) is 71.5 Å². The van der Waals surface area contributed by atoms with Gasteiger partial charge < -0.3 is 14.6 Å². The number of amides is 2. The Bertz CT molecular complexity index is 1170. The van der Waals surface area contributed by atoms with Crippen LogP contribution in [0.4, 0.5) is 10.1 Å². The van der Waals surface area contributed by atoms with Gasteiger partial charge in [0.05, 0.1) is 18.3 Å². The number of halogens is 1. The number of anilines is 1. The number of aryl methyl sites for hydroxylation is 2. The van der Waals surface area contributed by atoms with Crippen LogP contribution in [0.1, 0.15) is 23.4 Å². The fourth-order valence-electron chi connectivity index (χ4n) is 4.02. The Hall–Kier alpha value is -3.52. The van der Waals surface area contributed by atoms with E-state index in [0.717, 1.165) is 16.8 Å². The Balaban J connectivity index is 1.21. The number of aromatic nitrogens is 1. The number of carbonyl (C=O) groups excluding carboxylic acids is 2. The molecule has 1 aliphatic rings. The lowest BCUT2D eigenvalue weighted by atomic mass is 10.1. The van der Waals surface area contributed by atoms with Crippen LogP contribution in [0.2, 0.25) is 0 Å². The highest BCUT2D eigenvalue weighted by Gasteiger charge is 2.23. The summed E-state index contributed by atoms with van der Waals surface area (Å²) in [5.41, 5.74) is 3.39. The molecule has 0 radical (unpaired) electrons. The molecule has 2 aromatic carbocycles. The van der Waals surface area contributed by atoms with Crippen molar-refractivity contribution in [2.45, 2.75) is 26.7 Å². The number of benzene rings is 2. The molecule has 7 nitrogen and oxygen atoms in total. The molecule has 8 heteroatoms. The molecule has 2 heterocycles. The van der Waals surface area contributed by atoms with Gasteiger partial charge in [0.25, 0.3) is 0 Å². The van der Waals surface area contributed by atoms with Crippen molar-refractivity contribution >= 4 is 17.5 Å². The summed E-state index contributed by atoms with van der Waals surface area (Å²) in [5.74, 6) is 0.358. The average molecular weight is 465 g/mol. The second kappa shape index (κ2) is 10.6. The molecule has 2 amide bonds. The maximum absolute atomic E-state index is 13.9. The number of nitrogens with one attached hydrogen (secondary N) is 1. The van der Waals surface area contributed by atoms with Crippen LogP contribution in [-0.4, -0.2) is 59.3 Å². The van der Waals surface area contributed by atoms with Crippen LogP contribution in [-0.2, 0) is 16.0 Å². The first-order chi connectivity index (χ1) is 16.4. The smallest absolute Gasteiger partial charge is 0.238 e. The van der Waals surface area contributed by atoms with Gasteiger partial charge in [-0.3, -0.25) is 14.5 Å². The first-order valence-corrected chi connectivity index (χ1v) is 11.5. The molecule has 0 bridgehead atoms. The van der Waals surface area contributed by atoms with E-state index in [2.05, 4.69) is 15.2 Å². The topological polar surface area (TPSA) is 78.7 Å². The lowest BCUT2D eigenvalue weighted by Gasteiger charge is -2.34. The van der Waals surface area contributed by atoms with Crippen molar-refractivity contribution in [2.24, 2.45) is 0 Å². The first kappa shape index (κ1) is 23.6. The first-order valence-electron chi connectivity index (χ1n) is 11.5. The van der Waals surface area contributed by atoms with Gasteiger partial charge in [0.1, 0.15) is 5.82 Å². The van der Waals surface area contributed by atoms with Crippen LogP contribution in [0.15, 0.2) is 53.1 Å². The fraction of sp³-hybridized carbons (Fsp3) is 0.346. The van der Waals surface area contributed by atoms with E-state index in [-0.39, 0.29) is 24.1 Å². The summed E-state index contributed by atoms with van der Waals surface area (Å²) in [7, 11) is 0.